The van der Waals surface area contributed by atoms with E-state index in [1.807, 2.05) is 11.0 Å². The van der Waals surface area contributed by atoms with Crippen LogP contribution in [0.25, 0.3) is 0 Å². The summed E-state index contributed by atoms with van der Waals surface area (Å²) in [7, 11) is -6.96. The third-order valence-electron chi connectivity index (χ3n) is 11.5. The quantitative estimate of drug-likeness (QED) is 0.249. The van der Waals surface area contributed by atoms with Gasteiger partial charge in [0.15, 0.2) is 19.7 Å². The zero-order valence-electron chi connectivity index (χ0n) is 36.4. The molecule has 4 fully saturated rings. The summed E-state index contributed by atoms with van der Waals surface area (Å²) in [6, 6.07) is 14.9. The highest BCUT2D eigenvalue weighted by molar-refractivity contribution is 7.91. The average molecular weight is 955 g/mol. The van der Waals surface area contributed by atoms with Crippen molar-refractivity contribution in [2.45, 2.75) is 16.0 Å². The molecule has 2 aromatic heterocycles. The van der Waals surface area contributed by atoms with Crippen LogP contribution in [-0.2, 0) is 35.3 Å². The second-order valence-corrected chi connectivity index (χ2v) is 20.0. The second kappa shape index (κ2) is 20.2. The van der Waals surface area contributed by atoms with Crippen LogP contribution in [0.3, 0.4) is 0 Å². The number of sulfone groups is 2. The van der Waals surface area contributed by atoms with E-state index in [1.54, 1.807) is 39.0 Å². The van der Waals surface area contributed by atoms with E-state index in [0.29, 0.717) is 114 Å². The summed E-state index contributed by atoms with van der Waals surface area (Å²) in [6.07, 6.45) is 0.749. The normalized spacial score (nSPS) is 17.5. The lowest BCUT2D eigenvalue weighted by atomic mass is 10.1. The number of morpholine rings is 2. The van der Waals surface area contributed by atoms with E-state index in [1.165, 1.54) is 24.4 Å². The molecular formula is C43H49F3N10O8S2. The zero-order chi connectivity index (χ0) is 47.2. The minimum absolute atomic E-state index is 0.0599. The third kappa shape index (κ3) is 11.5. The first-order chi connectivity index (χ1) is 31.4. The number of alkyl halides is 3. The fraction of sp³-hybridized carbons (Fsp3) is 0.442. The molecule has 0 bridgehead atoms. The maximum absolute atomic E-state index is 13.5. The Morgan fingerprint density at radius 3 is 1.41 bits per heavy atom. The monoisotopic (exact) mass is 954 g/mol. The van der Waals surface area contributed by atoms with Crippen LogP contribution >= 0.6 is 0 Å². The minimum Gasteiger partial charge on any atom is -0.378 e. The highest BCUT2D eigenvalue weighted by Gasteiger charge is 2.33. The number of piperazine rings is 2. The fourth-order valence-corrected chi connectivity index (χ4v) is 9.15. The summed E-state index contributed by atoms with van der Waals surface area (Å²) >= 11 is 0. The molecule has 352 valence electrons. The number of ether oxygens (including phenoxy) is 2. The first kappa shape index (κ1) is 47.9. The van der Waals surface area contributed by atoms with Crippen LogP contribution in [0.2, 0.25) is 0 Å². The van der Waals surface area contributed by atoms with E-state index in [-0.39, 0.29) is 40.6 Å². The number of carbonyl (C=O) groups is 2. The number of hydrogen-bond donors (Lipinski definition) is 0. The molecule has 0 saturated carbocycles. The van der Waals surface area contributed by atoms with Crippen molar-refractivity contribution in [1.82, 2.24) is 24.8 Å². The first-order valence-corrected chi connectivity index (χ1v) is 24.9. The molecular weight excluding hydrogens is 906 g/mol. The van der Waals surface area contributed by atoms with Gasteiger partial charge in [0.25, 0.3) is 11.8 Å². The van der Waals surface area contributed by atoms with Crippen molar-refractivity contribution in [3.05, 3.63) is 89.4 Å². The molecule has 6 heterocycles. The van der Waals surface area contributed by atoms with E-state index in [9.17, 15) is 39.6 Å². The summed E-state index contributed by atoms with van der Waals surface area (Å²) in [5.74, 6) is 0.446. The Labute approximate surface area is 381 Å². The Hall–Kier alpha value is -6.09. The summed E-state index contributed by atoms with van der Waals surface area (Å²) < 4.78 is 97.5. The van der Waals surface area contributed by atoms with Crippen LogP contribution < -0.4 is 19.6 Å². The van der Waals surface area contributed by atoms with Crippen LogP contribution in [0.4, 0.5) is 36.3 Å². The number of pyridine rings is 1. The van der Waals surface area contributed by atoms with E-state index in [4.69, 9.17) is 14.7 Å². The molecule has 0 aliphatic carbocycles. The number of nitrogens with zero attached hydrogens (tertiary/aromatic N) is 10. The van der Waals surface area contributed by atoms with Crippen molar-refractivity contribution >= 4 is 54.6 Å². The van der Waals surface area contributed by atoms with Crippen LogP contribution in [0.15, 0.2) is 76.9 Å². The third-order valence-corrected chi connectivity index (χ3v) is 13.8. The van der Waals surface area contributed by atoms with Gasteiger partial charge in [-0.3, -0.25) is 9.59 Å². The van der Waals surface area contributed by atoms with Gasteiger partial charge in [0.1, 0.15) is 11.9 Å². The number of carbonyl (C=O) groups excluding carboxylic acids is 2. The van der Waals surface area contributed by atoms with Crippen LogP contribution in [0, 0.1) is 11.3 Å². The predicted octanol–water partition coefficient (Wildman–Crippen LogP) is 2.85. The van der Waals surface area contributed by atoms with Gasteiger partial charge in [-0.2, -0.15) is 18.4 Å². The van der Waals surface area contributed by atoms with Gasteiger partial charge >= 0.3 is 6.18 Å². The van der Waals surface area contributed by atoms with Gasteiger partial charge in [-0.05, 0) is 48.5 Å². The van der Waals surface area contributed by atoms with E-state index < -0.39 is 31.4 Å². The topological polar surface area (TPSA) is 203 Å². The molecule has 2 amide bonds. The second-order valence-electron chi connectivity index (χ2n) is 15.9. The van der Waals surface area contributed by atoms with Crippen molar-refractivity contribution in [3.63, 3.8) is 0 Å². The molecule has 0 radical (unpaired) electrons. The largest absolute Gasteiger partial charge is 0.419 e. The standard InChI is InChI=1S/C22H25N5O4S.C21H24F3N5O4S/c1-32(29,30)18-3-4-20(25-10-12-31-13-11-25)19(14-18)22(28)27-8-6-26(7-9-27)21-5-2-17(15-23)16-24-21;1-34(31,32)16-2-3-18(27-8-10-33-11-9-27)17(12-16)19(30)28-4-6-29(7-5-28)20-25-13-15(14-26-20)21(22,23)24/h2-5,14,16H,6-13H2,1H3;2-3,12-14H,4-11H2,1H3. The molecule has 4 saturated heterocycles. The van der Waals surface area contributed by atoms with Gasteiger partial charge in [-0.15, -0.1) is 0 Å². The fourth-order valence-electron chi connectivity index (χ4n) is 7.85. The first-order valence-electron chi connectivity index (χ1n) is 21.1. The van der Waals surface area contributed by atoms with Gasteiger partial charge in [0, 0.05) is 121 Å². The highest BCUT2D eigenvalue weighted by atomic mass is 32.2. The zero-order valence-corrected chi connectivity index (χ0v) is 38.0. The smallest absolute Gasteiger partial charge is 0.378 e. The average Bonchev–Trinajstić information content (AvgIpc) is 3.33. The van der Waals surface area contributed by atoms with Gasteiger partial charge in [0.2, 0.25) is 5.95 Å². The molecule has 0 spiro atoms. The lowest BCUT2D eigenvalue weighted by molar-refractivity contribution is -0.138. The highest BCUT2D eigenvalue weighted by Crippen LogP contribution is 2.31. The van der Waals surface area contributed by atoms with Gasteiger partial charge in [-0.25, -0.2) is 31.8 Å². The SMILES string of the molecule is CS(=O)(=O)c1ccc(N2CCOCC2)c(C(=O)N2CCN(c3ccc(C#N)cn3)CC2)c1.CS(=O)(=O)c1ccc(N2CCOCC2)c(C(=O)N2CCN(c3ncc(C(F)(F)F)cn3)CC2)c1. The maximum Gasteiger partial charge on any atom is 0.419 e. The Bertz CT molecular complexity index is 2640. The predicted molar refractivity (Wildman–Crippen MR) is 237 cm³/mol. The lowest BCUT2D eigenvalue weighted by Gasteiger charge is -2.36. The molecule has 4 aromatic rings. The lowest BCUT2D eigenvalue weighted by Crippen LogP contribution is -2.49. The van der Waals surface area contributed by atoms with Crippen molar-refractivity contribution in [2.75, 3.05) is 137 Å². The summed E-state index contributed by atoms with van der Waals surface area (Å²) in [6.45, 7) is 8.03. The molecule has 8 rings (SSSR count). The summed E-state index contributed by atoms with van der Waals surface area (Å²) in [4.78, 5) is 50.3. The molecule has 2 aromatic carbocycles. The summed E-state index contributed by atoms with van der Waals surface area (Å²) in [5.41, 5.74) is 1.66. The number of anilines is 4. The van der Waals surface area contributed by atoms with E-state index >= 15 is 0 Å². The number of hydrogen-bond acceptors (Lipinski definition) is 16. The Kier molecular flexibility index (Phi) is 14.6. The molecule has 0 unspecified atom stereocenters. The van der Waals surface area contributed by atoms with E-state index in [0.717, 1.165) is 36.4 Å². The van der Waals surface area contributed by atoms with Crippen molar-refractivity contribution in [1.29, 1.82) is 5.26 Å². The molecule has 4 aliphatic rings. The van der Waals surface area contributed by atoms with Crippen LogP contribution in [0.1, 0.15) is 31.8 Å². The van der Waals surface area contributed by atoms with E-state index in [2.05, 4.69) is 30.8 Å². The number of halogens is 3. The molecule has 0 N–H and O–H groups in total. The molecule has 66 heavy (non-hydrogen) atoms. The van der Waals surface area contributed by atoms with Gasteiger partial charge in [0.05, 0.1) is 58.5 Å². The van der Waals surface area contributed by atoms with Crippen molar-refractivity contribution in [2.24, 2.45) is 0 Å². The number of amides is 2. The number of aromatic nitrogens is 3. The van der Waals surface area contributed by atoms with Crippen molar-refractivity contribution in [3.8, 4) is 6.07 Å². The van der Waals surface area contributed by atoms with Gasteiger partial charge in [-0.1, -0.05) is 0 Å². The molecule has 0 atom stereocenters. The van der Waals surface area contributed by atoms with Crippen LogP contribution in [-0.4, -0.2) is 171 Å². The van der Waals surface area contributed by atoms with Crippen molar-refractivity contribution < 1.29 is 49.1 Å². The molecule has 18 nitrogen and oxygen atoms in total. The molecule has 4 aliphatic heterocycles. The summed E-state index contributed by atoms with van der Waals surface area (Å²) in [5, 5.41) is 8.93. The Balaban J connectivity index is 0.000000197. The number of benzene rings is 2. The number of rotatable bonds is 8. The van der Waals surface area contributed by atoms with Crippen LogP contribution in [0.5, 0.6) is 0 Å². The number of nitriles is 1. The van der Waals surface area contributed by atoms with Gasteiger partial charge < -0.3 is 38.9 Å². The molecule has 23 heteroatoms. The minimum atomic E-state index is -4.51. The Morgan fingerprint density at radius 2 is 1.03 bits per heavy atom. The maximum atomic E-state index is 13.5. The Morgan fingerprint density at radius 1 is 0.591 bits per heavy atom.